The molecule has 0 aromatic carbocycles. The number of hydrogen-bond acceptors (Lipinski definition) is 2. The summed E-state index contributed by atoms with van der Waals surface area (Å²) in [6, 6.07) is 3.86. The average molecular weight is 191 g/mol. The van der Waals surface area contributed by atoms with E-state index in [9.17, 15) is 0 Å². The largest absolute Gasteiger partial charge is 0.465 e. The summed E-state index contributed by atoms with van der Waals surface area (Å²) in [6.07, 6.45) is 8.47. The maximum Gasteiger partial charge on any atom is 0.126 e. The number of hydrogen-bond donors (Lipinski definition) is 1. The van der Waals surface area contributed by atoms with E-state index in [1.54, 1.807) is 6.26 Å². The van der Waals surface area contributed by atoms with Gasteiger partial charge in [-0.15, -0.1) is 0 Å². The summed E-state index contributed by atoms with van der Waals surface area (Å²) in [4.78, 5) is 0. The molecule has 1 fully saturated rings. The Balaban J connectivity index is 2.18. The molecule has 0 atom stereocenters. The highest BCUT2D eigenvalue weighted by Gasteiger charge is 2.30. The molecule has 0 unspecified atom stereocenters. The normalized spacial score (nSPS) is 21.4. The molecule has 1 aliphatic carbocycles. The van der Waals surface area contributed by atoms with Crippen LogP contribution in [0, 0.1) is 0 Å². The van der Waals surface area contributed by atoms with Crippen LogP contribution >= 0.6 is 0 Å². The van der Waals surface area contributed by atoms with Crippen LogP contribution in [0.15, 0.2) is 28.4 Å². The van der Waals surface area contributed by atoms with Crippen molar-refractivity contribution < 1.29 is 4.42 Å². The van der Waals surface area contributed by atoms with Crippen molar-refractivity contribution in [1.29, 1.82) is 0 Å². The van der Waals surface area contributed by atoms with E-state index in [1.165, 1.54) is 18.4 Å². The van der Waals surface area contributed by atoms with Crippen LogP contribution in [0.2, 0.25) is 0 Å². The van der Waals surface area contributed by atoms with Crippen LogP contribution in [-0.2, 0) is 0 Å². The molecule has 2 rings (SSSR count). The van der Waals surface area contributed by atoms with E-state index in [0.29, 0.717) is 0 Å². The average Bonchev–Trinajstić information content (AvgIpc) is 2.76. The Hall–Kier alpha value is -1.02. The zero-order valence-corrected chi connectivity index (χ0v) is 8.62. The van der Waals surface area contributed by atoms with Crippen molar-refractivity contribution in [3.05, 3.63) is 29.7 Å². The summed E-state index contributed by atoms with van der Waals surface area (Å²) in [5.41, 5.74) is 7.47. The van der Waals surface area contributed by atoms with Crippen molar-refractivity contribution >= 4 is 6.08 Å². The first-order chi connectivity index (χ1) is 6.71. The van der Waals surface area contributed by atoms with Gasteiger partial charge in [0.05, 0.1) is 6.26 Å². The lowest BCUT2D eigenvalue weighted by molar-refractivity contribution is 0.514. The van der Waals surface area contributed by atoms with E-state index in [0.717, 1.165) is 18.6 Å². The molecule has 1 saturated carbocycles. The molecule has 1 aromatic rings. The second-order valence-corrected chi connectivity index (χ2v) is 4.21. The molecule has 1 aliphatic rings. The Morgan fingerprint density at radius 2 is 2.21 bits per heavy atom. The summed E-state index contributed by atoms with van der Waals surface area (Å²) in [5, 5.41) is 0. The van der Waals surface area contributed by atoms with Gasteiger partial charge in [0.25, 0.3) is 0 Å². The van der Waals surface area contributed by atoms with Crippen molar-refractivity contribution in [2.24, 2.45) is 5.73 Å². The van der Waals surface area contributed by atoms with E-state index < -0.39 is 0 Å². The van der Waals surface area contributed by atoms with Gasteiger partial charge in [-0.05, 0) is 43.5 Å². The fourth-order valence-corrected chi connectivity index (χ4v) is 2.13. The molecule has 1 aromatic heterocycles. The Morgan fingerprint density at radius 3 is 2.79 bits per heavy atom. The number of furan rings is 1. The topological polar surface area (TPSA) is 39.2 Å². The highest BCUT2D eigenvalue weighted by Crippen LogP contribution is 2.34. The van der Waals surface area contributed by atoms with Crippen molar-refractivity contribution in [1.82, 2.24) is 0 Å². The third-order valence-corrected chi connectivity index (χ3v) is 3.18. The Bertz CT molecular complexity index is 318. The van der Waals surface area contributed by atoms with Crippen molar-refractivity contribution in [3.8, 4) is 0 Å². The summed E-state index contributed by atoms with van der Waals surface area (Å²) in [5.74, 6) is 0.902. The Labute approximate surface area is 84.8 Å². The molecule has 0 saturated heterocycles. The van der Waals surface area contributed by atoms with Gasteiger partial charge < -0.3 is 10.2 Å². The first-order valence-electron chi connectivity index (χ1n) is 5.22. The molecule has 1 heterocycles. The van der Waals surface area contributed by atoms with E-state index in [2.05, 4.69) is 13.0 Å². The molecular formula is C12H17NO. The van der Waals surface area contributed by atoms with Crippen LogP contribution in [0.4, 0.5) is 0 Å². The minimum absolute atomic E-state index is 0.0766. The van der Waals surface area contributed by atoms with E-state index in [4.69, 9.17) is 10.2 Å². The van der Waals surface area contributed by atoms with Gasteiger partial charge in [-0.2, -0.15) is 0 Å². The fraction of sp³-hybridized carbons (Fsp3) is 0.500. The van der Waals surface area contributed by atoms with Gasteiger partial charge in [0.2, 0.25) is 0 Å². The minimum atomic E-state index is -0.0766. The minimum Gasteiger partial charge on any atom is -0.465 e. The zero-order chi connectivity index (χ0) is 10.0. The molecule has 14 heavy (non-hydrogen) atoms. The van der Waals surface area contributed by atoms with Gasteiger partial charge >= 0.3 is 0 Å². The molecule has 0 aliphatic heterocycles. The second-order valence-electron chi connectivity index (χ2n) is 4.21. The summed E-state index contributed by atoms with van der Waals surface area (Å²) >= 11 is 0. The van der Waals surface area contributed by atoms with Gasteiger partial charge in [0.15, 0.2) is 0 Å². The quantitative estimate of drug-likeness (QED) is 0.780. The molecule has 0 radical (unpaired) electrons. The highest BCUT2D eigenvalue weighted by molar-refractivity contribution is 5.50. The van der Waals surface area contributed by atoms with Crippen LogP contribution in [0.5, 0.6) is 0 Å². The summed E-state index contributed by atoms with van der Waals surface area (Å²) in [7, 11) is 0. The summed E-state index contributed by atoms with van der Waals surface area (Å²) < 4.78 is 5.28. The molecule has 0 amide bonds. The van der Waals surface area contributed by atoms with Crippen LogP contribution in [0.1, 0.15) is 38.4 Å². The van der Waals surface area contributed by atoms with Crippen LogP contribution < -0.4 is 5.73 Å². The molecule has 2 heteroatoms. The SMILES string of the molecule is C/C(=C\c1ccco1)C1(N)CCCC1. The predicted molar refractivity (Wildman–Crippen MR) is 57.7 cm³/mol. The van der Waals surface area contributed by atoms with Crippen molar-refractivity contribution in [2.75, 3.05) is 0 Å². The van der Waals surface area contributed by atoms with Crippen molar-refractivity contribution in [3.63, 3.8) is 0 Å². The number of rotatable bonds is 2. The molecule has 0 bridgehead atoms. The third-order valence-electron chi connectivity index (χ3n) is 3.18. The van der Waals surface area contributed by atoms with Gasteiger partial charge in [-0.25, -0.2) is 0 Å². The van der Waals surface area contributed by atoms with Crippen molar-refractivity contribution in [2.45, 2.75) is 38.1 Å². The molecule has 76 valence electrons. The van der Waals surface area contributed by atoms with E-state index in [-0.39, 0.29) is 5.54 Å². The van der Waals surface area contributed by atoms with Crippen LogP contribution in [-0.4, -0.2) is 5.54 Å². The molecule has 0 spiro atoms. The maximum atomic E-state index is 6.31. The molecule has 2 nitrogen and oxygen atoms in total. The van der Waals surface area contributed by atoms with Gasteiger partial charge in [0.1, 0.15) is 5.76 Å². The lowest BCUT2D eigenvalue weighted by Crippen LogP contribution is -2.37. The third kappa shape index (κ3) is 1.75. The summed E-state index contributed by atoms with van der Waals surface area (Å²) in [6.45, 7) is 2.10. The first-order valence-corrected chi connectivity index (χ1v) is 5.22. The van der Waals surface area contributed by atoms with Gasteiger partial charge in [-0.1, -0.05) is 12.8 Å². The molecular weight excluding hydrogens is 174 g/mol. The van der Waals surface area contributed by atoms with Crippen LogP contribution in [0.25, 0.3) is 6.08 Å². The fourth-order valence-electron chi connectivity index (χ4n) is 2.13. The lowest BCUT2D eigenvalue weighted by Gasteiger charge is -2.24. The highest BCUT2D eigenvalue weighted by atomic mass is 16.3. The smallest absolute Gasteiger partial charge is 0.126 e. The lowest BCUT2D eigenvalue weighted by atomic mass is 9.89. The Morgan fingerprint density at radius 1 is 1.50 bits per heavy atom. The second kappa shape index (κ2) is 3.62. The van der Waals surface area contributed by atoms with E-state index >= 15 is 0 Å². The standard InChI is InChI=1S/C12H17NO/c1-10(9-11-5-4-8-14-11)12(13)6-2-3-7-12/h4-5,8-9H,2-3,6-7,13H2,1H3/b10-9+. The van der Waals surface area contributed by atoms with Gasteiger partial charge in [-0.3, -0.25) is 0 Å². The number of nitrogens with two attached hydrogens (primary N) is 1. The zero-order valence-electron chi connectivity index (χ0n) is 8.62. The Kier molecular flexibility index (Phi) is 2.46. The molecule has 2 N–H and O–H groups in total. The first kappa shape index (κ1) is 9.53. The maximum absolute atomic E-state index is 6.31. The van der Waals surface area contributed by atoms with E-state index in [1.807, 2.05) is 12.1 Å². The predicted octanol–water partition coefficient (Wildman–Crippen LogP) is 2.95. The van der Waals surface area contributed by atoms with Gasteiger partial charge in [0, 0.05) is 5.54 Å². The monoisotopic (exact) mass is 191 g/mol. The van der Waals surface area contributed by atoms with Crippen LogP contribution in [0.3, 0.4) is 0 Å².